The van der Waals surface area contributed by atoms with Gasteiger partial charge in [-0.2, -0.15) is 0 Å². The second kappa shape index (κ2) is 49.4. The van der Waals surface area contributed by atoms with Gasteiger partial charge < -0.3 is 28.8 Å². The average molecular weight is 964 g/mol. The Balaban J connectivity index is 4.19. The van der Waals surface area contributed by atoms with Gasteiger partial charge in [-0.05, 0) is 51.4 Å². The molecule has 0 bridgehead atoms. The van der Waals surface area contributed by atoms with Gasteiger partial charge >= 0.3 is 0 Å². The van der Waals surface area contributed by atoms with E-state index in [9.17, 15) is 19.4 Å². The van der Waals surface area contributed by atoms with E-state index in [2.05, 4.69) is 67.8 Å². The largest absolute Gasteiger partial charge is 0.756 e. The monoisotopic (exact) mass is 963 g/mol. The van der Waals surface area contributed by atoms with Gasteiger partial charge in [0.1, 0.15) is 13.2 Å². The highest BCUT2D eigenvalue weighted by Gasteiger charge is 2.24. The summed E-state index contributed by atoms with van der Waals surface area (Å²) in [6.45, 7) is 4.63. The Hall–Kier alpha value is -1.54. The van der Waals surface area contributed by atoms with Crippen LogP contribution in [0.3, 0.4) is 0 Å². The minimum atomic E-state index is -4.58. The Bertz CT molecular complexity index is 1230. The van der Waals surface area contributed by atoms with E-state index in [4.69, 9.17) is 9.05 Å². The Morgan fingerprint density at radius 2 is 0.910 bits per heavy atom. The molecule has 0 heterocycles. The first kappa shape index (κ1) is 65.5. The van der Waals surface area contributed by atoms with Crippen molar-refractivity contribution in [2.24, 2.45) is 0 Å². The number of rotatable bonds is 52. The number of nitrogens with one attached hydrogen (secondary N) is 1. The molecule has 394 valence electrons. The number of nitrogens with zero attached hydrogens (tertiary/aromatic N) is 1. The lowest BCUT2D eigenvalue weighted by Gasteiger charge is -2.30. The second-order valence-corrected chi connectivity index (χ2v) is 22.0. The third-order valence-electron chi connectivity index (χ3n) is 12.8. The van der Waals surface area contributed by atoms with Crippen molar-refractivity contribution >= 4 is 13.7 Å². The van der Waals surface area contributed by atoms with E-state index >= 15 is 0 Å². The molecule has 0 aliphatic rings. The van der Waals surface area contributed by atoms with Crippen LogP contribution in [0, 0.1) is 0 Å². The van der Waals surface area contributed by atoms with Crippen molar-refractivity contribution < 1.29 is 32.9 Å². The first-order valence-electron chi connectivity index (χ1n) is 28.5. The van der Waals surface area contributed by atoms with E-state index in [0.717, 1.165) is 64.2 Å². The summed E-state index contributed by atoms with van der Waals surface area (Å²) in [4.78, 5) is 25.5. The predicted molar refractivity (Wildman–Crippen MR) is 288 cm³/mol. The molecule has 0 fully saturated rings. The molecule has 3 atom stereocenters. The molecule has 67 heavy (non-hydrogen) atoms. The summed E-state index contributed by atoms with van der Waals surface area (Å²) in [5, 5.41) is 14.0. The lowest BCUT2D eigenvalue weighted by atomic mass is 10.0. The first-order valence-corrected chi connectivity index (χ1v) is 29.9. The van der Waals surface area contributed by atoms with Crippen molar-refractivity contribution in [1.29, 1.82) is 0 Å². The van der Waals surface area contributed by atoms with Gasteiger partial charge in [0.25, 0.3) is 7.82 Å². The smallest absolute Gasteiger partial charge is 0.268 e. The number of hydrogen-bond acceptors (Lipinski definition) is 6. The topological polar surface area (TPSA) is 108 Å². The predicted octanol–water partition coefficient (Wildman–Crippen LogP) is 16.5. The molecule has 8 nitrogen and oxygen atoms in total. The van der Waals surface area contributed by atoms with Gasteiger partial charge in [-0.15, -0.1) is 0 Å². The molecule has 2 N–H and O–H groups in total. The number of aliphatic hydroxyl groups is 1. The number of unbranched alkanes of at least 4 members (excludes halogenated alkanes) is 31. The molecule has 0 radical (unpaired) electrons. The van der Waals surface area contributed by atoms with Crippen LogP contribution in [-0.4, -0.2) is 68.5 Å². The quantitative estimate of drug-likeness (QED) is 0.0272. The number of quaternary nitrogens is 1. The van der Waals surface area contributed by atoms with E-state index in [1.54, 1.807) is 0 Å². The Kier molecular flexibility index (Phi) is 48.3. The summed E-state index contributed by atoms with van der Waals surface area (Å²) in [5.41, 5.74) is 0. The van der Waals surface area contributed by atoms with Crippen LogP contribution in [0.2, 0.25) is 0 Å². The number of carbonyl (C=O) groups excluding carboxylic acids is 1. The van der Waals surface area contributed by atoms with Gasteiger partial charge in [0.15, 0.2) is 0 Å². The van der Waals surface area contributed by atoms with E-state index in [1.165, 1.54) is 173 Å². The van der Waals surface area contributed by atoms with E-state index in [0.29, 0.717) is 23.9 Å². The van der Waals surface area contributed by atoms with Gasteiger partial charge in [0.2, 0.25) is 5.91 Å². The fourth-order valence-corrected chi connectivity index (χ4v) is 9.11. The van der Waals surface area contributed by atoms with E-state index < -0.39 is 20.0 Å². The number of likely N-dealkylation sites (N-methyl/N-ethyl adjacent to an activating group) is 1. The van der Waals surface area contributed by atoms with Crippen LogP contribution in [0.25, 0.3) is 0 Å². The first-order chi connectivity index (χ1) is 32.5. The summed E-state index contributed by atoms with van der Waals surface area (Å²) in [5.74, 6) is -0.168. The van der Waals surface area contributed by atoms with Gasteiger partial charge in [0.05, 0.1) is 39.9 Å². The van der Waals surface area contributed by atoms with Gasteiger partial charge in [0, 0.05) is 6.42 Å². The molecular formula is C58H111N2O6P. The summed E-state index contributed by atoms with van der Waals surface area (Å²) >= 11 is 0. The van der Waals surface area contributed by atoms with Crippen molar-refractivity contribution in [3.05, 3.63) is 48.6 Å². The molecule has 0 saturated carbocycles. The second-order valence-electron chi connectivity index (χ2n) is 20.6. The van der Waals surface area contributed by atoms with Crippen LogP contribution in [0.15, 0.2) is 48.6 Å². The Labute approximate surface area is 416 Å². The number of aliphatic hydroxyl groups excluding tert-OH is 1. The highest BCUT2D eigenvalue weighted by atomic mass is 31.2. The molecule has 0 aliphatic carbocycles. The summed E-state index contributed by atoms with van der Waals surface area (Å²) in [7, 11) is 1.30. The molecule has 0 aromatic carbocycles. The molecule has 0 aromatic rings. The molecule has 0 aromatic heterocycles. The molecule has 0 aliphatic heterocycles. The molecular weight excluding hydrogens is 852 g/mol. The molecule has 0 rings (SSSR count). The van der Waals surface area contributed by atoms with E-state index in [1.807, 2.05) is 21.1 Å². The molecule has 3 unspecified atom stereocenters. The van der Waals surface area contributed by atoms with Crippen LogP contribution in [0.5, 0.6) is 0 Å². The number of allylic oxidation sites excluding steroid dienone is 8. The number of carbonyl (C=O) groups is 1. The zero-order valence-electron chi connectivity index (χ0n) is 44.9. The van der Waals surface area contributed by atoms with Crippen LogP contribution in [0.1, 0.15) is 264 Å². The maximum atomic E-state index is 13.0. The SMILES string of the molecule is CC/C=C\C/C=C\C/C=C\C/C=C\CCCCCCCCCCCCC(=O)NC(COP(=O)([O-])OCC[N+](C)(C)C)C(O)CCCCCCCCCCCCCCCCCCCCCCCC. The zero-order valence-corrected chi connectivity index (χ0v) is 45.7. The third-order valence-corrected chi connectivity index (χ3v) is 13.8. The Morgan fingerprint density at radius 3 is 1.33 bits per heavy atom. The van der Waals surface area contributed by atoms with Gasteiger partial charge in [-0.3, -0.25) is 9.36 Å². The van der Waals surface area contributed by atoms with Crippen molar-refractivity contribution in [3.63, 3.8) is 0 Å². The normalized spacial score (nSPS) is 14.3. The van der Waals surface area contributed by atoms with E-state index in [-0.39, 0.29) is 19.1 Å². The maximum absolute atomic E-state index is 13.0. The van der Waals surface area contributed by atoms with Gasteiger partial charge in [-0.1, -0.05) is 255 Å². The fraction of sp³-hybridized carbons (Fsp3) is 0.845. The Morgan fingerprint density at radius 1 is 0.537 bits per heavy atom. The van der Waals surface area contributed by atoms with Crippen LogP contribution in [-0.2, 0) is 18.4 Å². The maximum Gasteiger partial charge on any atom is 0.268 e. The van der Waals surface area contributed by atoms with Gasteiger partial charge in [-0.25, -0.2) is 0 Å². The van der Waals surface area contributed by atoms with Crippen LogP contribution >= 0.6 is 7.82 Å². The summed E-state index contributed by atoms with van der Waals surface area (Å²) in [6, 6.07) is -0.805. The van der Waals surface area contributed by atoms with Crippen LogP contribution < -0.4 is 10.2 Å². The molecule has 1 amide bonds. The van der Waals surface area contributed by atoms with Crippen LogP contribution in [0.4, 0.5) is 0 Å². The number of phosphoric acid groups is 1. The zero-order chi connectivity index (χ0) is 49.2. The van der Waals surface area contributed by atoms with Crippen molar-refractivity contribution in [2.45, 2.75) is 276 Å². The lowest BCUT2D eigenvalue weighted by molar-refractivity contribution is -0.870. The van der Waals surface area contributed by atoms with Crippen molar-refractivity contribution in [2.75, 3.05) is 40.9 Å². The third kappa shape index (κ3) is 52.1. The molecule has 0 saturated heterocycles. The molecule has 9 heteroatoms. The van der Waals surface area contributed by atoms with Crippen molar-refractivity contribution in [1.82, 2.24) is 5.32 Å². The summed E-state index contributed by atoms with van der Waals surface area (Å²) < 4.78 is 23.4. The highest BCUT2D eigenvalue weighted by molar-refractivity contribution is 7.45. The number of phosphoric ester groups is 1. The fourth-order valence-electron chi connectivity index (χ4n) is 8.39. The van der Waals surface area contributed by atoms with Crippen molar-refractivity contribution in [3.8, 4) is 0 Å². The minimum absolute atomic E-state index is 0.0105. The molecule has 0 spiro atoms. The average Bonchev–Trinajstić information content (AvgIpc) is 3.29. The standard InChI is InChI=1S/C58H111N2O6P/c1-6-8-10-12-14-16-18-20-22-24-26-28-30-32-34-36-38-40-42-44-46-48-50-52-58(62)59-56(55-66-67(63,64)65-54-53-60(3,4)5)57(61)51-49-47-45-43-41-39-37-35-33-31-29-27-25-23-21-19-17-15-13-11-9-7-2/h8,10,14,16,20,22,26,28,56-57,61H,6-7,9,11-13,15,17-19,21,23-25,27,29-55H2,1-5H3,(H-,59,62,63,64)/b10-8-,16-14-,22-20-,28-26-. The lowest BCUT2D eigenvalue weighted by Crippen LogP contribution is -2.46. The summed E-state index contributed by atoms with van der Waals surface area (Å²) in [6.07, 6.45) is 64.2. The number of hydrogen-bond donors (Lipinski definition) is 2. The number of amides is 1. The highest BCUT2D eigenvalue weighted by Crippen LogP contribution is 2.38. The minimum Gasteiger partial charge on any atom is -0.756 e.